The normalized spacial score (nSPS) is 16.9. The number of non-ortho nitro benzene ring substituents is 1. The second kappa shape index (κ2) is 13.2. The number of morpholine rings is 1. The molecule has 0 unspecified atom stereocenters. The van der Waals surface area contributed by atoms with Crippen molar-refractivity contribution in [2.24, 2.45) is 5.92 Å². The van der Waals surface area contributed by atoms with Crippen LogP contribution in [0.2, 0.25) is 0 Å². The molecule has 0 atom stereocenters. The van der Waals surface area contributed by atoms with Crippen LogP contribution in [0, 0.1) is 16.0 Å². The summed E-state index contributed by atoms with van der Waals surface area (Å²) >= 11 is 0. The Morgan fingerprint density at radius 3 is 2.47 bits per heavy atom. The lowest BCUT2D eigenvalue weighted by Crippen LogP contribution is -2.41. The number of carbonyl (C=O) groups excluding carboxylic acids is 2. The second-order valence-electron chi connectivity index (χ2n) is 9.78. The van der Waals surface area contributed by atoms with Gasteiger partial charge in [-0.3, -0.25) is 24.6 Å². The molecule has 2 aromatic carbocycles. The zero-order chi connectivity index (χ0) is 26.9. The highest BCUT2D eigenvalue weighted by atomic mass is 16.6. The first-order valence-electron chi connectivity index (χ1n) is 13.1. The summed E-state index contributed by atoms with van der Waals surface area (Å²) in [4.78, 5) is 40.7. The van der Waals surface area contributed by atoms with Crippen LogP contribution in [0.5, 0.6) is 0 Å². The number of nitrogens with one attached hydrogen (secondary N) is 2. The number of ether oxygens (including phenoxy) is 1. The van der Waals surface area contributed by atoms with Crippen LogP contribution in [-0.2, 0) is 9.53 Å². The molecule has 2 aromatic rings. The van der Waals surface area contributed by atoms with Crippen molar-refractivity contribution in [2.75, 3.05) is 62.7 Å². The minimum atomic E-state index is -0.468. The zero-order valence-electron chi connectivity index (χ0n) is 21.7. The lowest BCUT2D eigenvalue weighted by Gasteiger charge is -2.33. The molecule has 0 spiro atoms. The molecule has 10 heteroatoms. The van der Waals surface area contributed by atoms with Gasteiger partial charge in [-0.25, -0.2) is 0 Å². The van der Waals surface area contributed by atoms with E-state index in [4.69, 9.17) is 4.74 Å². The summed E-state index contributed by atoms with van der Waals surface area (Å²) < 4.78 is 5.39. The molecule has 2 heterocycles. The van der Waals surface area contributed by atoms with Gasteiger partial charge in [-0.15, -0.1) is 0 Å². The van der Waals surface area contributed by atoms with Crippen molar-refractivity contribution >= 4 is 35.0 Å². The zero-order valence-corrected chi connectivity index (χ0v) is 21.7. The molecule has 4 rings (SSSR count). The Morgan fingerprint density at radius 1 is 1.08 bits per heavy atom. The average molecular weight is 522 g/mol. The van der Waals surface area contributed by atoms with Crippen molar-refractivity contribution < 1.29 is 19.2 Å². The Morgan fingerprint density at radius 2 is 1.79 bits per heavy atom. The number of anilines is 2. The molecule has 0 bridgehead atoms. The Balaban J connectivity index is 1.43. The van der Waals surface area contributed by atoms with Gasteiger partial charge in [0.05, 0.1) is 23.7 Å². The predicted octanol–water partition coefficient (Wildman–Crippen LogP) is 3.55. The fourth-order valence-corrected chi connectivity index (χ4v) is 4.63. The van der Waals surface area contributed by atoms with E-state index in [-0.39, 0.29) is 17.5 Å². The van der Waals surface area contributed by atoms with E-state index >= 15 is 0 Å². The van der Waals surface area contributed by atoms with Gasteiger partial charge in [0, 0.05) is 68.9 Å². The molecule has 38 heavy (non-hydrogen) atoms. The molecule has 202 valence electrons. The maximum Gasteiger partial charge on any atom is 0.269 e. The number of piperidine rings is 1. The molecule has 0 aliphatic carbocycles. The summed E-state index contributed by atoms with van der Waals surface area (Å²) in [6, 6.07) is 11.4. The number of hydrogen-bond acceptors (Lipinski definition) is 7. The van der Waals surface area contributed by atoms with E-state index in [1.165, 1.54) is 18.2 Å². The average Bonchev–Trinajstić information content (AvgIpc) is 2.93. The molecular formula is C28H35N5O5. The highest BCUT2D eigenvalue weighted by Crippen LogP contribution is 2.29. The SMILES string of the molecule is CC1CCN(c2ccc(NC(=O)/C=C/c3ccc([N+](=O)[O-])cc3)cc2C(=O)NCCN2CCOCC2)CC1. The quantitative estimate of drug-likeness (QED) is 0.294. The number of amides is 2. The Hall–Kier alpha value is -3.76. The van der Waals surface area contributed by atoms with Gasteiger partial charge in [0.15, 0.2) is 0 Å². The first-order chi connectivity index (χ1) is 18.4. The van der Waals surface area contributed by atoms with Crippen molar-refractivity contribution in [3.63, 3.8) is 0 Å². The fraction of sp³-hybridized carbons (Fsp3) is 0.429. The number of hydrogen-bond donors (Lipinski definition) is 2. The van der Waals surface area contributed by atoms with Gasteiger partial charge in [0.2, 0.25) is 5.91 Å². The van der Waals surface area contributed by atoms with Crippen molar-refractivity contribution in [3.05, 3.63) is 69.8 Å². The third-order valence-electron chi connectivity index (χ3n) is 6.98. The lowest BCUT2D eigenvalue weighted by molar-refractivity contribution is -0.384. The standard InChI is InChI=1S/C28H35N5O5/c1-21-10-13-32(14-11-21)26-8-5-23(20-25(26)28(35)29-12-15-31-16-18-38-19-17-31)30-27(34)9-4-22-2-6-24(7-3-22)33(36)37/h2-9,20-21H,10-19H2,1H3,(H,29,35)(H,30,34)/b9-4+. The number of nitrogens with zero attached hydrogens (tertiary/aromatic N) is 3. The maximum absolute atomic E-state index is 13.3. The largest absolute Gasteiger partial charge is 0.379 e. The lowest BCUT2D eigenvalue weighted by atomic mass is 9.97. The summed E-state index contributed by atoms with van der Waals surface area (Å²) in [5.41, 5.74) is 2.60. The smallest absolute Gasteiger partial charge is 0.269 e. The molecule has 0 radical (unpaired) electrons. The van der Waals surface area contributed by atoms with E-state index in [2.05, 4.69) is 27.4 Å². The maximum atomic E-state index is 13.3. The Bertz CT molecular complexity index is 1150. The van der Waals surface area contributed by atoms with Crippen molar-refractivity contribution in [1.82, 2.24) is 10.2 Å². The minimum Gasteiger partial charge on any atom is -0.379 e. The molecule has 2 N–H and O–H groups in total. The summed E-state index contributed by atoms with van der Waals surface area (Å²) in [5, 5.41) is 16.7. The van der Waals surface area contributed by atoms with Crippen LogP contribution in [0.3, 0.4) is 0 Å². The summed E-state index contributed by atoms with van der Waals surface area (Å²) in [5.74, 6) is 0.143. The highest BCUT2D eigenvalue weighted by Gasteiger charge is 2.22. The molecule has 2 saturated heterocycles. The van der Waals surface area contributed by atoms with Crippen molar-refractivity contribution in [3.8, 4) is 0 Å². The second-order valence-corrected chi connectivity index (χ2v) is 9.78. The molecule has 0 aromatic heterocycles. The molecule has 0 saturated carbocycles. The molecule has 2 fully saturated rings. The van der Waals surface area contributed by atoms with Gasteiger partial charge in [0.1, 0.15) is 0 Å². The third-order valence-corrected chi connectivity index (χ3v) is 6.98. The number of nitro groups is 1. The van der Waals surface area contributed by atoms with Crippen LogP contribution in [0.1, 0.15) is 35.7 Å². The molecule has 10 nitrogen and oxygen atoms in total. The Labute approximate surface area is 222 Å². The van der Waals surface area contributed by atoms with Crippen LogP contribution in [0.4, 0.5) is 17.1 Å². The van der Waals surface area contributed by atoms with E-state index in [0.29, 0.717) is 42.5 Å². The van der Waals surface area contributed by atoms with E-state index < -0.39 is 4.92 Å². The van der Waals surface area contributed by atoms with Crippen LogP contribution in [-0.4, -0.2) is 74.1 Å². The Kier molecular flexibility index (Phi) is 9.45. The van der Waals surface area contributed by atoms with E-state index in [1.54, 1.807) is 24.3 Å². The molecule has 2 amide bonds. The van der Waals surface area contributed by atoms with E-state index in [0.717, 1.165) is 51.3 Å². The monoisotopic (exact) mass is 521 g/mol. The van der Waals surface area contributed by atoms with Crippen molar-refractivity contribution in [1.29, 1.82) is 0 Å². The first kappa shape index (κ1) is 27.3. The van der Waals surface area contributed by atoms with E-state index in [9.17, 15) is 19.7 Å². The van der Waals surface area contributed by atoms with Gasteiger partial charge in [0.25, 0.3) is 11.6 Å². The molecule has 2 aliphatic rings. The van der Waals surface area contributed by atoms with Crippen LogP contribution >= 0.6 is 0 Å². The topological polar surface area (TPSA) is 117 Å². The van der Waals surface area contributed by atoms with Crippen LogP contribution in [0.25, 0.3) is 6.08 Å². The third kappa shape index (κ3) is 7.62. The summed E-state index contributed by atoms with van der Waals surface area (Å²) in [6.07, 6.45) is 5.10. The molecular weight excluding hydrogens is 486 g/mol. The van der Waals surface area contributed by atoms with Gasteiger partial charge >= 0.3 is 0 Å². The summed E-state index contributed by atoms with van der Waals surface area (Å²) in [7, 11) is 0. The highest BCUT2D eigenvalue weighted by molar-refractivity contribution is 6.05. The predicted molar refractivity (Wildman–Crippen MR) is 147 cm³/mol. The molecule has 2 aliphatic heterocycles. The number of nitro benzene ring substituents is 1. The number of rotatable bonds is 9. The number of benzene rings is 2. The number of carbonyl (C=O) groups is 2. The van der Waals surface area contributed by atoms with Crippen molar-refractivity contribution in [2.45, 2.75) is 19.8 Å². The van der Waals surface area contributed by atoms with Crippen LogP contribution in [0.15, 0.2) is 48.5 Å². The first-order valence-corrected chi connectivity index (χ1v) is 13.1. The van der Waals surface area contributed by atoms with Gasteiger partial charge in [-0.2, -0.15) is 0 Å². The minimum absolute atomic E-state index is 0.00870. The van der Waals surface area contributed by atoms with Gasteiger partial charge in [-0.05, 0) is 60.7 Å². The van der Waals surface area contributed by atoms with Gasteiger partial charge < -0.3 is 20.3 Å². The van der Waals surface area contributed by atoms with Gasteiger partial charge in [-0.1, -0.05) is 6.92 Å². The van der Waals surface area contributed by atoms with E-state index in [1.807, 2.05) is 12.1 Å². The fourth-order valence-electron chi connectivity index (χ4n) is 4.63. The van der Waals surface area contributed by atoms with Crippen LogP contribution < -0.4 is 15.5 Å². The summed E-state index contributed by atoms with van der Waals surface area (Å²) in [6.45, 7) is 8.47.